The summed E-state index contributed by atoms with van der Waals surface area (Å²) in [5, 5.41) is 8.89. The Morgan fingerprint density at radius 3 is 3.07 bits per heavy atom. The van der Waals surface area contributed by atoms with Crippen LogP contribution in [0.4, 0.5) is 0 Å². The smallest absolute Gasteiger partial charge is 0.159 e. The van der Waals surface area contributed by atoms with Crippen LogP contribution in [0.2, 0.25) is 0 Å². The Morgan fingerprint density at radius 2 is 2.36 bits per heavy atom. The van der Waals surface area contributed by atoms with Gasteiger partial charge in [0, 0.05) is 19.2 Å². The first-order chi connectivity index (χ1) is 6.86. The predicted molar refractivity (Wildman–Crippen MR) is 54.0 cm³/mol. The van der Waals surface area contributed by atoms with Crippen molar-refractivity contribution in [2.24, 2.45) is 0 Å². The minimum atomic E-state index is 0.128. The lowest BCUT2D eigenvalue weighted by Gasteiger charge is -2.02. The summed E-state index contributed by atoms with van der Waals surface area (Å²) in [7, 11) is 0. The molecule has 2 aromatic heterocycles. The van der Waals surface area contributed by atoms with Crippen molar-refractivity contribution in [2.75, 3.05) is 6.61 Å². The van der Waals surface area contributed by atoms with Crippen molar-refractivity contribution in [1.29, 1.82) is 0 Å². The van der Waals surface area contributed by atoms with Crippen LogP contribution in [0, 0.1) is 0 Å². The Bertz CT molecular complexity index is 436. The van der Waals surface area contributed by atoms with Crippen molar-refractivity contribution in [3.63, 3.8) is 0 Å². The van der Waals surface area contributed by atoms with Crippen LogP contribution in [0.3, 0.4) is 0 Å². The van der Waals surface area contributed by atoms with E-state index in [4.69, 9.17) is 5.11 Å². The quantitative estimate of drug-likeness (QED) is 0.787. The van der Waals surface area contributed by atoms with Gasteiger partial charge in [0.25, 0.3) is 0 Å². The van der Waals surface area contributed by atoms with Crippen LogP contribution >= 0.6 is 0 Å². The molecule has 2 heterocycles. The normalized spacial score (nSPS) is 11.0. The van der Waals surface area contributed by atoms with Crippen LogP contribution in [-0.4, -0.2) is 26.2 Å². The van der Waals surface area contributed by atoms with Gasteiger partial charge in [0.15, 0.2) is 5.65 Å². The van der Waals surface area contributed by atoms with Crippen LogP contribution in [-0.2, 0) is 13.0 Å². The van der Waals surface area contributed by atoms with Gasteiger partial charge in [-0.25, -0.2) is 9.97 Å². The zero-order valence-electron chi connectivity index (χ0n) is 8.14. The van der Waals surface area contributed by atoms with Gasteiger partial charge in [-0.05, 0) is 19.1 Å². The summed E-state index contributed by atoms with van der Waals surface area (Å²) in [5.74, 6) is 0.906. The van der Waals surface area contributed by atoms with E-state index in [1.165, 1.54) is 0 Å². The van der Waals surface area contributed by atoms with E-state index in [0.717, 1.165) is 23.5 Å². The first-order valence-electron chi connectivity index (χ1n) is 4.77. The van der Waals surface area contributed by atoms with Gasteiger partial charge in [-0.1, -0.05) is 0 Å². The SMILES string of the molecule is CCn1c(CCO)nc2cccnc21. The molecule has 4 nitrogen and oxygen atoms in total. The van der Waals surface area contributed by atoms with E-state index in [1.54, 1.807) is 6.20 Å². The van der Waals surface area contributed by atoms with E-state index in [0.29, 0.717) is 6.42 Å². The number of aliphatic hydroxyl groups excluding tert-OH is 1. The highest BCUT2D eigenvalue weighted by Crippen LogP contribution is 2.13. The number of aryl methyl sites for hydroxylation is 1. The van der Waals surface area contributed by atoms with Gasteiger partial charge in [-0.2, -0.15) is 0 Å². The molecule has 4 heteroatoms. The van der Waals surface area contributed by atoms with Crippen LogP contribution in [0.1, 0.15) is 12.7 Å². The summed E-state index contributed by atoms with van der Waals surface area (Å²) in [5.41, 5.74) is 1.80. The van der Waals surface area contributed by atoms with E-state index >= 15 is 0 Å². The molecule has 0 spiro atoms. The second-order valence-electron chi connectivity index (χ2n) is 3.09. The van der Waals surface area contributed by atoms with Crippen LogP contribution in [0.5, 0.6) is 0 Å². The number of rotatable bonds is 3. The lowest BCUT2D eigenvalue weighted by molar-refractivity contribution is 0.295. The van der Waals surface area contributed by atoms with Crippen molar-refractivity contribution in [3.8, 4) is 0 Å². The largest absolute Gasteiger partial charge is 0.396 e. The third-order valence-corrected chi connectivity index (χ3v) is 2.23. The van der Waals surface area contributed by atoms with Gasteiger partial charge in [0.2, 0.25) is 0 Å². The maximum atomic E-state index is 8.89. The molecule has 1 N–H and O–H groups in total. The summed E-state index contributed by atoms with van der Waals surface area (Å²) in [6, 6.07) is 3.81. The number of fused-ring (bicyclic) bond motifs is 1. The fourth-order valence-electron chi connectivity index (χ4n) is 1.63. The number of aromatic nitrogens is 3. The topological polar surface area (TPSA) is 50.9 Å². The Morgan fingerprint density at radius 1 is 1.50 bits per heavy atom. The summed E-state index contributed by atoms with van der Waals surface area (Å²) < 4.78 is 2.03. The van der Waals surface area contributed by atoms with Crippen LogP contribution in [0.15, 0.2) is 18.3 Å². The molecule has 0 aromatic carbocycles. The standard InChI is InChI=1S/C10H13N3O/c1-2-13-9(5-7-14)12-8-4-3-6-11-10(8)13/h3-4,6,14H,2,5,7H2,1H3. The Labute approximate surface area is 82.2 Å². The van der Waals surface area contributed by atoms with Crippen molar-refractivity contribution >= 4 is 11.2 Å². The summed E-state index contributed by atoms with van der Waals surface area (Å²) in [4.78, 5) is 8.69. The Kier molecular flexibility index (Phi) is 2.45. The highest BCUT2D eigenvalue weighted by atomic mass is 16.3. The van der Waals surface area contributed by atoms with Gasteiger partial charge in [0.1, 0.15) is 11.3 Å². The monoisotopic (exact) mass is 191 g/mol. The minimum Gasteiger partial charge on any atom is -0.396 e. The third kappa shape index (κ3) is 1.37. The Hall–Kier alpha value is -1.42. The fraction of sp³-hybridized carbons (Fsp3) is 0.400. The molecule has 0 unspecified atom stereocenters. The molecule has 0 fully saturated rings. The van der Waals surface area contributed by atoms with Gasteiger partial charge in [-0.15, -0.1) is 0 Å². The van der Waals surface area contributed by atoms with Crippen LogP contribution in [0.25, 0.3) is 11.2 Å². The predicted octanol–water partition coefficient (Wildman–Crippen LogP) is 0.986. The third-order valence-electron chi connectivity index (χ3n) is 2.23. The molecular formula is C10H13N3O. The van der Waals surface area contributed by atoms with Gasteiger partial charge in [0.05, 0.1) is 6.61 Å². The maximum Gasteiger partial charge on any atom is 0.159 e. The summed E-state index contributed by atoms with van der Waals surface area (Å²) in [6.07, 6.45) is 2.35. The molecule has 0 amide bonds. The summed E-state index contributed by atoms with van der Waals surface area (Å²) in [6.45, 7) is 3.02. The summed E-state index contributed by atoms with van der Waals surface area (Å²) >= 11 is 0. The molecule has 74 valence electrons. The lowest BCUT2D eigenvalue weighted by atomic mass is 10.4. The molecule has 14 heavy (non-hydrogen) atoms. The zero-order chi connectivity index (χ0) is 9.97. The number of hydrogen-bond acceptors (Lipinski definition) is 3. The lowest BCUT2D eigenvalue weighted by Crippen LogP contribution is -2.04. The van der Waals surface area contributed by atoms with E-state index in [1.807, 2.05) is 16.7 Å². The van der Waals surface area contributed by atoms with Crippen molar-refractivity contribution < 1.29 is 5.11 Å². The fourth-order valence-corrected chi connectivity index (χ4v) is 1.63. The van der Waals surface area contributed by atoms with Crippen molar-refractivity contribution in [2.45, 2.75) is 19.9 Å². The van der Waals surface area contributed by atoms with Crippen LogP contribution < -0.4 is 0 Å². The molecule has 2 rings (SSSR count). The number of imidazole rings is 1. The molecule has 0 saturated heterocycles. The molecule has 0 aliphatic heterocycles. The molecule has 0 radical (unpaired) electrons. The van der Waals surface area contributed by atoms with Gasteiger partial charge < -0.3 is 9.67 Å². The first-order valence-corrected chi connectivity index (χ1v) is 4.77. The Balaban J connectivity index is 2.60. The number of pyridine rings is 1. The van der Waals surface area contributed by atoms with E-state index in [-0.39, 0.29) is 6.61 Å². The first kappa shape index (κ1) is 9.15. The van der Waals surface area contributed by atoms with Crippen molar-refractivity contribution in [1.82, 2.24) is 14.5 Å². The second-order valence-corrected chi connectivity index (χ2v) is 3.09. The molecule has 0 aliphatic carbocycles. The number of aliphatic hydroxyl groups is 1. The second kappa shape index (κ2) is 3.75. The molecule has 0 bridgehead atoms. The molecule has 0 aliphatic rings. The van der Waals surface area contributed by atoms with Gasteiger partial charge >= 0.3 is 0 Å². The molecule has 2 aromatic rings. The average Bonchev–Trinajstić information content (AvgIpc) is 2.55. The number of nitrogens with zero attached hydrogens (tertiary/aromatic N) is 3. The van der Waals surface area contributed by atoms with Gasteiger partial charge in [-0.3, -0.25) is 0 Å². The minimum absolute atomic E-state index is 0.128. The molecule has 0 atom stereocenters. The van der Waals surface area contributed by atoms with Crippen molar-refractivity contribution in [3.05, 3.63) is 24.2 Å². The van der Waals surface area contributed by atoms with E-state index in [2.05, 4.69) is 16.9 Å². The zero-order valence-corrected chi connectivity index (χ0v) is 8.14. The molecule has 0 saturated carbocycles. The molecular weight excluding hydrogens is 178 g/mol. The van der Waals surface area contributed by atoms with E-state index in [9.17, 15) is 0 Å². The van der Waals surface area contributed by atoms with E-state index < -0.39 is 0 Å². The number of hydrogen-bond donors (Lipinski definition) is 1. The highest BCUT2D eigenvalue weighted by molar-refractivity contribution is 5.71. The maximum absolute atomic E-state index is 8.89. The average molecular weight is 191 g/mol. The highest BCUT2D eigenvalue weighted by Gasteiger charge is 2.08.